The quantitative estimate of drug-likeness (QED) is 0.692. The number of nitrogens with two attached hydrogens (primary N) is 1. The van der Waals surface area contributed by atoms with E-state index in [-0.39, 0.29) is 0 Å². The molecule has 1 saturated carbocycles. The molecule has 3 aromatic rings. The third kappa shape index (κ3) is 3.29. The number of amides is 1. The molecule has 0 radical (unpaired) electrons. The van der Waals surface area contributed by atoms with Crippen molar-refractivity contribution in [3.63, 3.8) is 0 Å². The summed E-state index contributed by atoms with van der Waals surface area (Å²) in [5, 5.41) is 11.1. The zero-order valence-corrected chi connectivity index (χ0v) is 14.6. The summed E-state index contributed by atoms with van der Waals surface area (Å²) in [6.07, 6.45) is 2.34. The van der Waals surface area contributed by atoms with Crippen LogP contribution in [0.1, 0.15) is 28.8 Å². The molecular formula is C19H17N5O3. The summed E-state index contributed by atoms with van der Waals surface area (Å²) in [6, 6.07) is 13.1. The molecule has 136 valence electrons. The summed E-state index contributed by atoms with van der Waals surface area (Å²) < 4.78 is 6.86. The van der Waals surface area contributed by atoms with Gasteiger partial charge in [-0.15, -0.1) is 5.10 Å². The molecule has 27 heavy (non-hydrogen) atoms. The molecule has 4 rings (SSSR count). The molecule has 0 saturated heterocycles. The first-order valence-electron chi connectivity index (χ1n) is 8.46. The summed E-state index contributed by atoms with van der Waals surface area (Å²) in [7, 11) is 0. The molecule has 0 aliphatic heterocycles. The number of carbonyl (C=O) groups is 2. The van der Waals surface area contributed by atoms with Crippen molar-refractivity contribution in [2.45, 2.75) is 25.4 Å². The van der Waals surface area contributed by atoms with Crippen LogP contribution in [0.4, 0.5) is 0 Å². The van der Waals surface area contributed by atoms with Gasteiger partial charge < -0.3 is 10.5 Å². The van der Waals surface area contributed by atoms with E-state index >= 15 is 0 Å². The van der Waals surface area contributed by atoms with Gasteiger partial charge in [0.2, 0.25) is 0 Å². The van der Waals surface area contributed by atoms with E-state index < -0.39 is 17.5 Å². The Hall–Kier alpha value is -3.55. The largest absolute Gasteiger partial charge is 0.445 e. The minimum absolute atomic E-state index is 0.297. The average molecular weight is 363 g/mol. The Morgan fingerprint density at radius 1 is 1.11 bits per heavy atom. The lowest BCUT2D eigenvalue weighted by Gasteiger charge is -2.14. The molecule has 1 fully saturated rings. The minimum atomic E-state index is -1.17. The van der Waals surface area contributed by atoms with Gasteiger partial charge in [-0.25, -0.2) is 9.48 Å². The number of aryl methyl sites for hydroxylation is 1. The highest BCUT2D eigenvalue weighted by Gasteiger charge is 2.53. The zero-order valence-electron chi connectivity index (χ0n) is 14.6. The van der Waals surface area contributed by atoms with Crippen LogP contribution in [0.15, 0.2) is 48.8 Å². The fourth-order valence-corrected chi connectivity index (χ4v) is 2.80. The van der Waals surface area contributed by atoms with Gasteiger partial charge in [-0.3, -0.25) is 4.79 Å². The smallest absolute Gasteiger partial charge is 0.339 e. The number of ether oxygens (including phenoxy) is 1. The number of aromatic nitrogens is 4. The van der Waals surface area contributed by atoms with Crippen LogP contribution in [-0.2, 0) is 9.53 Å². The minimum Gasteiger partial charge on any atom is -0.445 e. The second-order valence-electron chi connectivity index (χ2n) is 6.64. The molecule has 1 aliphatic carbocycles. The lowest BCUT2D eigenvalue weighted by Crippen LogP contribution is -2.35. The van der Waals surface area contributed by atoms with Gasteiger partial charge in [0.05, 0.1) is 11.3 Å². The van der Waals surface area contributed by atoms with Gasteiger partial charge in [-0.1, -0.05) is 29.8 Å². The van der Waals surface area contributed by atoms with E-state index in [9.17, 15) is 9.59 Å². The first-order valence-corrected chi connectivity index (χ1v) is 8.46. The lowest BCUT2D eigenvalue weighted by molar-refractivity contribution is -0.128. The predicted molar refractivity (Wildman–Crippen MR) is 95.9 cm³/mol. The number of esters is 1. The Kier molecular flexibility index (Phi) is 3.95. The van der Waals surface area contributed by atoms with Crippen molar-refractivity contribution in [1.82, 2.24) is 20.2 Å². The van der Waals surface area contributed by atoms with Crippen LogP contribution in [0.5, 0.6) is 0 Å². The third-order valence-corrected chi connectivity index (χ3v) is 4.59. The van der Waals surface area contributed by atoms with Gasteiger partial charge in [0.1, 0.15) is 6.33 Å². The topological polar surface area (TPSA) is 113 Å². The van der Waals surface area contributed by atoms with Gasteiger partial charge in [0, 0.05) is 12.8 Å². The standard InChI is InChI=1S/C19H17N5O3/c1-12-2-4-13(5-3-12)14-8-15(10-16(9-14)24-11-21-22-23-24)17(25)27-19(6-7-19)18(20)26/h2-5,8-11H,6-7H2,1H3,(H2,20,26). The summed E-state index contributed by atoms with van der Waals surface area (Å²) in [5.41, 5.74) is 7.95. The first kappa shape index (κ1) is 16.9. The van der Waals surface area contributed by atoms with Crippen LogP contribution in [0, 0.1) is 6.92 Å². The van der Waals surface area contributed by atoms with Crippen LogP contribution in [0.3, 0.4) is 0 Å². The van der Waals surface area contributed by atoms with Gasteiger partial charge in [-0.2, -0.15) is 0 Å². The van der Waals surface area contributed by atoms with E-state index in [4.69, 9.17) is 10.5 Å². The highest BCUT2D eigenvalue weighted by atomic mass is 16.6. The molecule has 2 aromatic carbocycles. The number of rotatable bonds is 5. The number of hydrogen-bond donors (Lipinski definition) is 1. The highest BCUT2D eigenvalue weighted by Crippen LogP contribution is 2.40. The summed E-state index contributed by atoms with van der Waals surface area (Å²) >= 11 is 0. The SMILES string of the molecule is Cc1ccc(-c2cc(C(=O)OC3(C(N)=O)CC3)cc(-n3cnnn3)c2)cc1. The van der Waals surface area contributed by atoms with Crippen molar-refractivity contribution in [1.29, 1.82) is 0 Å². The van der Waals surface area contributed by atoms with Crippen LogP contribution in [0.25, 0.3) is 16.8 Å². The lowest BCUT2D eigenvalue weighted by atomic mass is 10.0. The number of hydrogen-bond acceptors (Lipinski definition) is 6. The predicted octanol–water partition coefficient (Wildman–Crippen LogP) is 1.81. The maximum Gasteiger partial charge on any atom is 0.339 e. The van der Waals surface area contributed by atoms with E-state index in [0.717, 1.165) is 16.7 Å². The van der Waals surface area contributed by atoms with E-state index in [1.165, 1.54) is 11.0 Å². The van der Waals surface area contributed by atoms with Crippen molar-refractivity contribution in [3.8, 4) is 16.8 Å². The fraction of sp³-hybridized carbons (Fsp3) is 0.211. The van der Waals surface area contributed by atoms with Crippen LogP contribution < -0.4 is 5.73 Å². The van der Waals surface area contributed by atoms with Crippen molar-refractivity contribution in [2.24, 2.45) is 5.73 Å². The molecule has 1 amide bonds. The van der Waals surface area contributed by atoms with E-state index in [1.807, 2.05) is 37.3 Å². The van der Waals surface area contributed by atoms with Gasteiger partial charge in [-0.05, 0) is 46.7 Å². The Balaban J connectivity index is 1.75. The maximum absolute atomic E-state index is 12.7. The Morgan fingerprint density at radius 2 is 1.85 bits per heavy atom. The summed E-state index contributed by atoms with van der Waals surface area (Å²) in [6.45, 7) is 2.00. The Morgan fingerprint density at radius 3 is 2.44 bits per heavy atom. The zero-order chi connectivity index (χ0) is 19.0. The molecule has 0 bridgehead atoms. The molecule has 1 heterocycles. The molecule has 8 nitrogen and oxygen atoms in total. The normalized spacial score (nSPS) is 14.6. The monoisotopic (exact) mass is 363 g/mol. The molecule has 0 spiro atoms. The van der Waals surface area contributed by atoms with Crippen molar-refractivity contribution in [3.05, 3.63) is 59.9 Å². The van der Waals surface area contributed by atoms with Crippen LogP contribution in [-0.4, -0.2) is 37.7 Å². The Bertz CT molecular complexity index is 1010. The van der Waals surface area contributed by atoms with E-state index in [1.54, 1.807) is 12.1 Å². The van der Waals surface area contributed by atoms with Crippen molar-refractivity contribution in [2.75, 3.05) is 0 Å². The van der Waals surface area contributed by atoms with Crippen molar-refractivity contribution < 1.29 is 14.3 Å². The number of tetrazole rings is 1. The summed E-state index contributed by atoms with van der Waals surface area (Å²) in [4.78, 5) is 24.2. The molecule has 8 heteroatoms. The number of carbonyl (C=O) groups excluding carboxylic acids is 2. The second kappa shape index (κ2) is 6.31. The number of nitrogens with zero attached hydrogens (tertiary/aromatic N) is 4. The molecule has 0 atom stereocenters. The van der Waals surface area contributed by atoms with Gasteiger partial charge in [0.25, 0.3) is 5.91 Å². The highest BCUT2D eigenvalue weighted by molar-refractivity contribution is 5.96. The third-order valence-electron chi connectivity index (χ3n) is 4.59. The first-order chi connectivity index (χ1) is 13.0. The van der Waals surface area contributed by atoms with E-state index in [0.29, 0.717) is 24.1 Å². The maximum atomic E-state index is 12.7. The second-order valence-corrected chi connectivity index (χ2v) is 6.64. The molecule has 1 aliphatic rings. The Labute approximate surface area is 154 Å². The van der Waals surface area contributed by atoms with Crippen LogP contribution in [0.2, 0.25) is 0 Å². The summed E-state index contributed by atoms with van der Waals surface area (Å²) in [5.74, 6) is -1.22. The van der Waals surface area contributed by atoms with E-state index in [2.05, 4.69) is 15.5 Å². The van der Waals surface area contributed by atoms with Crippen LogP contribution >= 0.6 is 0 Å². The molecular weight excluding hydrogens is 346 g/mol. The number of primary amides is 1. The molecule has 0 unspecified atom stereocenters. The number of benzene rings is 2. The molecule has 1 aromatic heterocycles. The fourth-order valence-electron chi connectivity index (χ4n) is 2.80. The average Bonchev–Trinajstić information content (AvgIpc) is 3.24. The van der Waals surface area contributed by atoms with Crippen molar-refractivity contribution >= 4 is 11.9 Å². The van der Waals surface area contributed by atoms with Gasteiger partial charge in [0.15, 0.2) is 5.60 Å². The van der Waals surface area contributed by atoms with Gasteiger partial charge >= 0.3 is 5.97 Å². The molecule has 2 N–H and O–H groups in total.